The number of aromatic nitrogens is 1. The highest BCUT2D eigenvalue weighted by molar-refractivity contribution is 5.35. The zero-order chi connectivity index (χ0) is 8.27. The third kappa shape index (κ3) is 1.83. The minimum atomic E-state index is -0.0530. The second kappa shape index (κ2) is 3.23. The second-order valence-corrected chi connectivity index (χ2v) is 2.41. The van der Waals surface area contributed by atoms with Gasteiger partial charge in [-0.1, -0.05) is 6.07 Å². The van der Waals surface area contributed by atoms with Crippen molar-refractivity contribution in [2.24, 2.45) is 0 Å². The summed E-state index contributed by atoms with van der Waals surface area (Å²) in [5.74, 6) is 0.861. The van der Waals surface area contributed by atoms with Crippen LogP contribution in [0.3, 0.4) is 0 Å². The molecule has 1 aromatic heterocycles. The molecule has 1 N–H and O–H groups in total. The maximum atomic E-state index is 10.8. The predicted octanol–water partition coefficient (Wildman–Crippen LogP) is 0.831. The fourth-order valence-electron chi connectivity index (χ4n) is 0.829. The number of H-pyrrole nitrogens is 1. The predicted molar refractivity (Wildman–Crippen MR) is 46.0 cm³/mol. The molecule has 0 aliphatic rings. The van der Waals surface area contributed by atoms with E-state index in [4.69, 9.17) is 0 Å². The first-order chi connectivity index (χ1) is 5.24. The molecular formula is C8H12N2O. The topological polar surface area (TPSA) is 36.1 Å². The Morgan fingerprint density at radius 2 is 2.27 bits per heavy atom. The van der Waals surface area contributed by atoms with E-state index in [1.54, 1.807) is 6.07 Å². The van der Waals surface area contributed by atoms with Gasteiger partial charge in [0.25, 0.3) is 0 Å². The van der Waals surface area contributed by atoms with Crippen LogP contribution >= 0.6 is 0 Å². The molecule has 1 heterocycles. The number of nitrogens with one attached hydrogen (secondary N) is 1. The van der Waals surface area contributed by atoms with E-state index in [1.165, 1.54) is 6.07 Å². The zero-order valence-electron chi connectivity index (χ0n) is 6.79. The summed E-state index contributed by atoms with van der Waals surface area (Å²) in [6.07, 6.45) is 0. The number of aromatic amines is 1. The molecule has 0 saturated heterocycles. The zero-order valence-corrected chi connectivity index (χ0v) is 6.79. The van der Waals surface area contributed by atoms with Crippen molar-refractivity contribution in [2.45, 2.75) is 6.92 Å². The number of nitrogens with zero attached hydrogens (tertiary/aromatic N) is 1. The third-order valence-electron chi connectivity index (χ3n) is 1.64. The standard InChI is InChI=1S/C8H12N2O/c1-3-10(2)7-5-4-6-8(11)9-7/h4-6H,3H2,1-2H3,(H,9,11). The Morgan fingerprint density at radius 1 is 1.55 bits per heavy atom. The lowest BCUT2D eigenvalue weighted by Gasteiger charge is -2.14. The van der Waals surface area contributed by atoms with Gasteiger partial charge in [0.1, 0.15) is 5.82 Å². The first-order valence-electron chi connectivity index (χ1n) is 3.64. The van der Waals surface area contributed by atoms with Gasteiger partial charge < -0.3 is 9.88 Å². The highest BCUT2D eigenvalue weighted by Gasteiger charge is 1.95. The summed E-state index contributed by atoms with van der Waals surface area (Å²) in [5.41, 5.74) is -0.0530. The molecule has 0 aromatic carbocycles. The molecule has 0 saturated carbocycles. The first kappa shape index (κ1) is 7.85. The van der Waals surface area contributed by atoms with Gasteiger partial charge in [0.15, 0.2) is 0 Å². The molecule has 3 nitrogen and oxygen atoms in total. The fourth-order valence-corrected chi connectivity index (χ4v) is 0.829. The van der Waals surface area contributed by atoms with E-state index < -0.39 is 0 Å². The molecule has 0 amide bonds. The van der Waals surface area contributed by atoms with Crippen molar-refractivity contribution in [3.05, 3.63) is 28.6 Å². The van der Waals surface area contributed by atoms with E-state index in [2.05, 4.69) is 4.98 Å². The Bertz CT molecular complexity index is 279. The molecule has 0 aliphatic heterocycles. The molecule has 0 radical (unpaired) electrons. The van der Waals surface area contributed by atoms with Crippen molar-refractivity contribution >= 4 is 5.82 Å². The molecule has 11 heavy (non-hydrogen) atoms. The highest BCUT2D eigenvalue weighted by atomic mass is 16.1. The molecule has 0 bridgehead atoms. The van der Waals surface area contributed by atoms with E-state index in [0.717, 1.165) is 12.4 Å². The molecule has 0 spiro atoms. The number of pyridine rings is 1. The third-order valence-corrected chi connectivity index (χ3v) is 1.64. The Labute approximate surface area is 65.7 Å². The van der Waals surface area contributed by atoms with Gasteiger partial charge in [0, 0.05) is 19.7 Å². The van der Waals surface area contributed by atoms with Crippen LogP contribution in [0.4, 0.5) is 5.82 Å². The summed E-state index contributed by atoms with van der Waals surface area (Å²) in [6.45, 7) is 2.92. The monoisotopic (exact) mass is 152 g/mol. The maximum Gasteiger partial charge on any atom is 0.249 e. The lowest BCUT2D eigenvalue weighted by atomic mass is 10.4. The highest BCUT2D eigenvalue weighted by Crippen LogP contribution is 2.02. The van der Waals surface area contributed by atoms with Gasteiger partial charge >= 0.3 is 0 Å². The molecule has 0 atom stereocenters. The van der Waals surface area contributed by atoms with E-state index in [-0.39, 0.29) is 5.56 Å². The first-order valence-corrected chi connectivity index (χ1v) is 3.64. The molecule has 1 rings (SSSR count). The molecule has 1 aromatic rings. The van der Waals surface area contributed by atoms with Crippen LogP contribution in [0.2, 0.25) is 0 Å². The number of anilines is 1. The van der Waals surface area contributed by atoms with Crippen LogP contribution in [0.1, 0.15) is 6.92 Å². The van der Waals surface area contributed by atoms with E-state index in [0.29, 0.717) is 0 Å². The molecular weight excluding hydrogens is 140 g/mol. The van der Waals surface area contributed by atoms with Crippen LogP contribution in [0.25, 0.3) is 0 Å². The quantitative estimate of drug-likeness (QED) is 0.681. The van der Waals surface area contributed by atoms with Crippen molar-refractivity contribution in [3.8, 4) is 0 Å². The molecule has 0 unspecified atom stereocenters. The van der Waals surface area contributed by atoms with E-state index in [1.807, 2.05) is 24.9 Å². The van der Waals surface area contributed by atoms with Gasteiger partial charge in [0.05, 0.1) is 0 Å². The molecule has 0 fully saturated rings. The summed E-state index contributed by atoms with van der Waals surface area (Å²) in [7, 11) is 1.94. The van der Waals surface area contributed by atoms with Crippen LogP contribution in [0, 0.1) is 0 Å². The minimum Gasteiger partial charge on any atom is -0.361 e. The van der Waals surface area contributed by atoms with Crippen molar-refractivity contribution in [2.75, 3.05) is 18.5 Å². The van der Waals surface area contributed by atoms with Gasteiger partial charge in [-0.05, 0) is 13.0 Å². The fraction of sp³-hybridized carbons (Fsp3) is 0.375. The summed E-state index contributed by atoms with van der Waals surface area (Å²) < 4.78 is 0. The van der Waals surface area contributed by atoms with Crippen LogP contribution in [-0.4, -0.2) is 18.6 Å². The molecule has 60 valence electrons. The van der Waals surface area contributed by atoms with Crippen molar-refractivity contribution in [1.82, 2.24) is 4.98 Å². The lowest BCUT2D eigenvalue weighted by Crippen LogP contribution is -2.19. The lowest BCUT2D eigenvalue weighted by molar-refractivity contribution is 0.932. The summed E-state index contributed by atoms with van der Waals surface area (Å²) in [5, 5.41) is 0. The maximum absolute atomic E-state index is 10.8. The van der Waals surface area contributed by atoms with E-state index in [9.17, 15) is 4.79 Å². The molecule has 3 heteroatoms. The van der Waals surface area contributed by atoms with Crippen LogP contribution in [0.15, 0.2) is 23.0 Å². The van der Waals surface area contributed by atoms with Gasteiger partial charge in [-0.2, -0.15) is 0 Å². The number of hydrogen-bond acceptors (Lipinski definition) is 2. The van der Waals surface area contributed by atoms with Crippen molar-refractivity contribution < 1.29 is 0 Å². The Balaban J connectivity index is 2.96. The largest absolute Gasteiger partial charge is 0.361 e. The second-order valence-electron chi connectivity index (χ2n) is 2.41. The van der Waals surface area contributed by atoms with Gasteiger partial charge in [-0.15, -0.1) is 0 Å². The van der Waals surface area contributed by atoms with Gasteiger partial charge in [-0.25, -0.2) is 0 Å². The normalized spacial score (nSPS) is 9.64. The van der Waals surface area contributed by atoms with E-state index >= 15 is 0 Å². The average Bonchev–Trinajstić information content (AvgIpc) is 2.03. The van der Waals surface area contributed by atoms with Gasteiger partial charge in [0.2, 0.25) is 5.56 Å². The molecule has 0 aliphatic carbocycles. The average molecular weight is 152 g/mol. The SMILES string of the molecule is CCN(C)c1cccc(=O)[nH]1. The Morgan fingerprint density at radius 3 is 2.82 bits per heavy atom. The number of rotatable bonds is 2. The Kier molecular flexibility index (Phi) is 2.31. The van der Waals surface area contributed by atoms with Crippen molar-refractivity contribution in [1.29, 1.82) is 0 Å². The summed E-state index contributed by atoms with van der Waals surface area (Å²) in [4.78, 5) is 15.5. The summed E-state index contributed by atoms with van der Waals surface area (Å²) in [6, 6.07) is 5.14. The van der Waals surface area contributed by atoms with Crippen LogP contribution in [0.5, 0.6) is 0 Å². The number of hydrogen-bond donors (Lipinski definition) is 1. The minimum absolute atomic E-state index is 0.0530. The Hall–Kier alpha value is -1.25. The smallest absolute Gasteiger partial charge is 0.249 e. The van der Waals surface area contributed by atoms with Crippen molar-refractivity contribution in [3.63, 3.8) is 0 Å². The van der Waals surface area contributed by atoms with Crippen LogP contribution in [-0.2, 0) is 0 Å². The van der Waals surface area contributed by atoms with Gasteiger partial charge in [-0.3, -0.25) is 4.79 Å². The van der Waals surface area contributed by atoms with Crippen LogP contribution < -0.4 is 10.5 Å². The summed E-state index contributed by atoms with van der Waals surface area (Å²) >= 11 is 0.